The molecule has 1 aromatic carbocycles. The first kappa shape index (κ1) is 10.1. The molecule has 1 heteroatoms. The molecule has 71 valence electrons. The highest BCUT2D eigenvalue weighted by Crippen LogP contribution is 2.24. The van der Waals surface area contributed by atoms with Crippen molar-refractivity contribution in [3.8, 4) is 5.75 Å². The van der Waals surface area contributed by atoms with Crippen LogP contribution in [0.25, 0.3) is 0 Å². The van der Waals surface area contributed by atoms with Crippen LogP contribution in [0.3, 0.4) is 0 Å². The van der Waals surface area contributed by atoms with Crippen LogP contribution in [0.15, 0.2) is 18.2 Å². The highest BCUT2D eigenvalue weighted by Gasteiger charge is 2.05. The van der Waals surface area contributed by atoms with E-state index >= 15 is 0 Å². The average molecular weight is 177 g/mol. The Hall–Kier alpha value is -0.980. The molecule has 0 atom stereocenters. The zero-order valence-corrected chi connectivity index (χ0v) is 8.47. The maximum Gasteiger partial charge on any atom is 0.125 e. The lowest BCUT2D eigenvalue weighted by Gasteiger charge is -2.12. The number of rotatable bonds is 4. The van der Waals surface area contributed by atoms with Crippen molar-refractivity contribution in [2.45, 2.75) is 26.7 Å². The van der Waals surface area contributed by atoms with Gasteiger partial charge in [0.05, 0.1) is 6.61 Å². The molecule has 13 heavy (non-hydrogen) atoms. The zero-order valence-electron chi connectivity index (χ0n) is 8.47. The monoisotopic (exact) mass is 177 g/mol. The molecule has 1 rings (SSSR count). The summed E-state index contributed by atoms with van der Waals surface area (Å²) >= 11 is 0. The molecular weight excluding hydrogens is 160 g/mol. The fourth-order valence-corrected chi connectivity index (χ4v) is 1.48. The second kappa shape index (κ2) is 4.90. The molecule has 0 bridgehead atoms. The van der Waals surface area contributed by atoms with Crippen molar-refractivity contribution < 1.29 is 4.74 Å². The first-order valence-electron chi connectivity index (χ1n) is 4.86. The highest BCUT2D eigenvalue weighted by atomic mass is 16.5. The summed E-state index contributed by atoms with van der Waals surface area (Å²) in [5.74, 6) is 1.04. The van der Waals surface area contributed by atoms with Crippen molar-refractivity contribution in [1.82, 2.24) is 0 Å². The van der Waals surface area contributed by atoms with Gasteiger partial charge in [0.2, 0.25) is 0 Å². The lowest BCUT2D eigenvalue weighted by atomic mass is 10.1. The van der Waals surface area contributed by atoms with Gasteiger partial charge in [-0.1, -0.05) is 32.0 Å². The van der Waals surface area contributed by atoms with E-state index in [9.17, 15) is 0 Å². The molecule has 0 heterocycles. The Kier molecular flexibility index (Phi) is 3.81. The van der Waals surface area contributed by atoms with Crippen LogP contribution >= 0.6 is 0 Å². The zero-order chi connectivity index (χ0) is 9.68. The summed E-state index contributed by atoms with van der Waals surface area (Å²) in [5.41, 5.74) is 2.56. The SMILES string of the molecule is [CH2]COc1c(CC)cccc1CC. The molecule has 1 nitrogen and oxygen atoms in total. The molecule has 0 aliphatic heterocycles. The van der Waals surface area contributed by atoms with E-state index in [2.05, 4.69) is 39.0 Å². The van der Waals surface area contributed by atoms with Gasteiger partial charge in [0, 0.05) is 0 Å². The van der Waals surface area contributed by atoms with E-state index in [1.165, 1.54) is 11.1 Å². The van der Waals surface area contributed by atoms with E-state index in [1.54, 1.807) is 0 Å². The summed E-state index contributed by atoms with van der Waals surface area (Å²) < 4.78 is 5.54. The van der Waals surface area contributed by atoms with E-state index in [-0.39, 0.29) is 0 Å². The highest BCUT2D eigenvalue weighted by molar-refractivity contribution is 5.41. The van der Waals surface area contributed by atoms with Crippen molar-refractivity contribution in [3.05, 3.63) is 36.2 Å². The Morgan fingerprint density at radius 2 is 1.69 bits per heavy atom. The van der Waals surface area contributed by atoms with Crippen molar-refractivity contribution in [3.63, 3.8) is 0 Å². The number of ether oxygens (including phenoxy) is 1. The van der Waals surface area contributed by atoms with Gasteiger partial charge < -0.3 is 4.74 Å². The van der Waals surface area contributed by atoms with Gasteiger partial charge in [-0.25, -0.2) is 0 Å². The first-order valence-corrected chi connectivity index (χ1v) is 4.86. The summed E-state index contributed by atoms with van der Waals surface area (Å²) in [6, 6.07) is 6.32. The van der Waals surface area contributed by atoms with Gasteiger partial charge in [0.1, 0.15) is 5.75 Å². The van der Waals surface area contributed by atoms with Crippen molar-refractivity contribution in [1.29, 1.82) is 0 Å². The van der Waals surface area contributed by atoms with Crippen LogP contribution in [0, 0.1) is 6.92 Å². The molecule has 1 radical (unpaired) electrons. The van der Waals surface area contributed by atoms with E-state index in [4.69, 9.17) is 4.74 Å². The van der Waals surface area contributed by atoms with E-state index in [1.807, 2.05) is 0 Å². The van der Waals surface area contributed by atoms with E-state index < -0.39 is 0 Å². The number of benzene rings is 1. The largest absolute Gasteiger partial charge is 0.493 e. The summed E-state index contributed by atoms with van der Waals surface area (Å²) in [6.45, 7) is 8.50. The molecule has 0 aliphatic rings. The third-order valence-corrected chi connectivity index (χ3v) is 2.19. The topological polar surface area (TPSA) is 9.23 Å². The minimum absolute atomic E-state index is 0.504. The lowest BCUT2D eigenvalue weighted by Crippen LogP contribution is -1.99. The summed E-state index contributed by atoms with van der Waals surface area (Å²) in [7, 11) is 0. The fraction of sp³-hybridized carbons (Fsp3) is 0.417. The van der Waals surface area contributed by atoms with Gasteiger partial charge in [0.15, 0.2) is 0 Å². The van der Waals surface area contributed by atoms with Gasteiger partial charge in [0.25, 0.3) is 0 Å². The fourth-order valence-electron chi connectivity index (χ4n) is 1.48. The smallest absolute Gasteiger partial charge is 0.125 e. The standard InChI is InChI=1S/C12H17O/c1-4-10-8-7-9-11(5-2)12(10)13-6-3/h7-9H,3-6H2,1-2H3. The van der Waals surface area contributed by atoms with Crippen LogP contribution in [-0.4, -0.2) is 6.61 Å². The van der Waals surface area contributed by atoms with Gasteiger partial charge in [-0.3, -0.25) is 0 Å². The second-order valence-electron chi connectivity index (χ2n) is 2.96. The quantitative estimate of drug-likeness (QED) is 0.687. The average Bonchev–Trinajstić information content (AvgIpc) is 2.18. The third kappa shape index (κ3) is 2.24. The second-order valence-corrected chi connectivity index (χ2v) is 2.96. The molecule has 0 N–H and O–H groups in total. The number of para-hydroxylation sites is 1. The van der Waals surface area contributed by atoms with E-state index in [0.717, 1.165) is 18.6 Å². The molecule has 0 aliphatic carbocycles. The molecule has 0 saturated carbocycles. The predicted octanol–water partition coefficient (Wildman–Crippen LogP) is 3.02. The Bertz CT molecular complexity index is 244. The molecule has 0 unspecified atom stereocenters. The minimum Gasteiger partial charge on any atom is -0.493 e. The Labute approximate surface area is 80.7 Å². The van der Waals surface area contributed by atoms with Gasteiger partial charge >= 0.3 is 0 Å². The van der Waals surface area contributed by atoms with Crippen molar-refractivity contribution in [2.75, 3.05) is 6.61 Å². The minimum atomic E-state index is 0.504. The van der Waals surface area contributed by atoms with Crippen molar-refractivity contribution >= 4 is 0 Å². The third-order valence-electron chi connectivity index (χ3n) is 2.19. The Morgan fingerprint density at radius 1 is 1.15 bits per heavy atom. The van der Waals surface area contributed by atoms with Crippen LogP contribution in [0.2, 0.25) is 0 Å². The molecule has 0 amide bonds. The summed E-state index contributed by atoms with van der Waals surface area (Å²) in [5, 5.41) is 0. The van der Waals surface area contributed by atoms with Crippen LogP contribution in [0.4, 0.5) is 0 Å². The van der Waals surface area contributed by atoms with Crippen LogP contribution in [0.1, 0.15) is 25.0 Å². The van der Waals surface area contributed by atoms with Crippen LogP contribution in [-0.2, 0) is 12.8 Å². The Balaban J connectivity index is 3.05. The first-order chi connectivity index (χ1) is 6.33. The Morgan fingerprint density at radius 3 is 2.08 bits per heavy atom. The number of aryl methyl sites for hydroxylation is 2. The molecule has 0 aromatic heterocycles. The van der Waals surface area contributed by atoms with Gasteiger partial charge in [-0.15, -0.1) is 0 Å². The number of hydrogen-bond acceptors (Lipinski definition) is 1. The van der Waals surface area contributed by atoms with E-state index in [0.29, 0.717) is 6.61 Å². The van der Waals surface area contributed by atoms with Crippen LogP contribution < -0.4 is 4.74 Å². The molecule has 1 aromatic rings. The molecule has 0 saturated heterocycles. The lowest BCUT2D eigenvalue weighted by molar-refractivity contribution is 0.353. The molecular formula is C12H17O. The summed E-state index contributed by atoms with van der Waals surface area (Å²) in [6.07, 6.45) is 2.03. The molecule has 0 spiro atoms. The maximum absolute atomic E-state index is 5.54. The van der Waals surface area contributed by atoms with Crippen molar-refractivity contribution in [2.24, 2.45) is 0 Å². The normalized spacial score (nSPS) is 10.1. The van der Waals surface area contributed by atoms with Crippen LogP contribution in [0.5, 0.6) is 5.75 Å². The predicted molar refractivity (Wildman–Crippen MR) is 56.1 cm³/mol. The van der Waals surface area contributed by atoms with Gasteiger partial charge in [-0.2, -0.15) is 0 Å². The summed E-state index contributed by atoms with van der Waals surface area (Å²) in [4.78, 5) is 0. The van der Waals surface area contributed by atoms with Gasteiger partial charge in [-0.05, 0) is 30.9 Å². The maximum atomic E-state index is 5.54. The molecule has 0 fully saturated rings. The number of hydrogen-bond donors (Lipinski definition) is 0.